The summed E-state index contributed by atoms with van der Waals surface area (Å²) in [5.74, 6) is -4.15. The topological polar surface area (TPSA) is 182 Å². The third kappa shape index (κ3) is 11.3. The lowest BCUT2D eigenvalue weighted by atomic mass is 10.1. The van der Waals surface area contributed by atoms with Crippen molar-refractivity contribution in [2.24, 2.45) is 4.99 Å². The Kier molecular flexibility index (Phi) is 14.5. The summed E-state index contributed by atoms with van der Waals surface area (Å²) in [6.07, 6.45) is -4.07. The van der Waals surface area contributed by atoms with Crippen molar-refractivity contribution >= 4 is 75.6 Å². The van der Waals surface area contributed by atoms with E-state index in [9.17, 15) is 46.9 Å². The molecule has 0 fully saturated rings. The van der Waals surface area contributed by atoms with Crippen LogP contribution < -0.4 is 14.4 Å². The third-order valence-corrected chi connectivity index (χ3v) is 9.86. The van der Waals surface area contributed by atoms with E-state index in [1.807, 2.05) is 0 Å². The number of nitrogens with zero attached hydrogens (tertiary/aromatic N) is 4. The Morgan fingerprint density at radius 3 is 2.38 bits per heavy atom. The lowest BCUT2D eigenvalue weighted by Crippen LogP contribution is -2.31. The Labute approximate surface area is 326 Å². The number of aliphatic carboxylic acids is 1. The van der Waals surface area contributed by atoms with Gasteiger partial charge in [-0.05, 0) is 74.4 Å². The molecule has 0 radical (unpaired) electrons. The predicted molar refractivity (Wildman–Crippen MR) is 192 cm³/mol. The van der Waals surface area contributed by atoms with Crippen molar-refractivity contribution < 1.29 is 56.2 Å². The number of nitro benzene ring substituents is 1. The molecule has 0 saturated carbocycles. The summed E-state index contributed by atoms with van der Waals surface area (Å²) in [5, 5.41) is 19.8. The minimum absolute atomic E-state index is 0.0370. The Bertz CT molecular complexity index is 2240. The van der Waals surface area contributed by atoms with Gasteiger partial charge in [0.2, 0.25) is 4.80 Å². The first-order valence-electron chi connectivity index (χ1n) is 15.8. The molecule has 0 amide bonds. The van der Waals surface area contributed by atoms with Crippen molar-refractivity contribution in [3.8, 4) is 11.5 Å². The highest BCUT2D eigenvalue weighted by Gasteiger charge is 2.31. The minimum atomic E-state index is -4.61. The largest absolute Gasteiger partial charge is 0.481 e. The maximum atomic E-state index is 14.2. The molecule has 22 heteroatoms. The van der Waals surface area contributed by atoms with Crippen LogP contribution in [0.25, 0.3) is 0 Å². The minimum Gasteiger partial charge on any atom is -0.481 e. The number of hydrogen-bond acceptors (Lipinski definition) is 12. The number of rotatable bonds is 11. The summed E-state index contributed by atoms with van der Waals surface area (Å²) in [4.78, 5) is 62.1. The summed E-state index contributed by atoms with van der Waals surface area (Å²) < 4.78 is 70.8. The van der Waals surface area contributed by atoms with E-state index in [1.54, 1.807) is 16.3 Å². The number of carbonyl (C=O) groups excluding carboxylic acids is 2. The van der Waals surface area contributed by atoms with Gasteiger partial charge in [0.05, 0.1) is 32.9 Å². The van der Waals surface area contributed by atoms with Gasteiger partial charge in [-0.15, -0.1) is 11.8 Å². The van der Waals surface area contributed by atoms with E-state index in [-0.39, 0.29) is 44.5 Å². The molecular formula is C33H28Cl2F4N4O10S2. The standard InChI is InChI=1S/C19H15ClF3NO7.C14H13ClFN3O3S2/c1-3-29-17(25)10(2)30-18(26)13-9-12(5-6-15(13)24(27)28)31-16-7-4-11(8-14(16)20)19(21,22)23;15-8-5-9(16)10(6-11(8)23-7-12(20)21)17-13-18-3-1-2-4-19(18)14(22)24-13/h4-10H,3H2,1-2H3;5-6H,1-4,7H2,(H,20,21). The Hall–Kier alpha value is -4.92. The van der Waals surface area contributed by atoms with Gasteiger partial charge in [0.1, 0.15) is 28.6 Å². The third-order valence-electron chi connectivity index (χ3n) is 7.23. The Morgan fingerprint density at radius 2 is 1.76 bits per heavy atom. The average Bonchev–Trinajstić information content (AvgIpc) is 3.43. The lowest BCUT2D eigenvalue weighted by Gasteiger charge is -2.15. The zero-order chi connectivity index (χ0) is 40.6. The number of alkyl halides is 3. The summed E-state index contributed by atoms with van der Waals surface area (Å²) >= 11 is 13.7. The first kappa shape index (κ1) is 42.8. The molecule has 1 aliphatic heterocycles. The van der Waals surface area contributed by atoms with Crippen LogP contribution in [0.15, 0.2) is 63.2 Å². The second-order valence-electron chi connectivity index (χ2n) is 11.1. The monoisotopic (exact) mass is 850 g/mol. The first-order chi connectivity index (χ1) is 25.9. The molecule has 4 aromatic rings. The van der Waals surface area contributed by atoms with Crippen LogP contribution in [0.4, 0.5) is 28.9 Å². The normalized spacial score (nSPS) is 13.2. The van der Waals surface area contributed by atoms with Crippen LogP contribution in [0.1, 0.15) is 42.6 Å². The fourth-order valence-corrected chi connectivity index (χ4v) is 6.79. The van der Waals surface area contributed by atoms with Crippen LogP contribution in [0, 0.1) is 15.9 Å². The highest BCUT2D eigenvalue weighted by molar-refractivity contribution is 8.00. The van der Waals surface area contributed by atoms with Gasteiger partial charge < -0.3 is 19.3 Å². The van der Waals surface area contributed by atoms with Gasteiger partial charge in [0.15, 0.2) is 6.10 Å². The van der Waals surface area contributed by atoms with Crippen molar-refractivity contribution in [2.45, 2.75) is 57.0 Å². The van der Waals surface area contributed by atoms with E-state index < -0.39 is 57.7 Å². The molecular weight excluding hydrogens is 823 g/mol. The Morgan fingerprint density at radius 1 is 1.07 bits per heavy atom. The first-order valence-corrected chi connectivity index (χ1v) is 18.3. The molecule has 0 aliphatic carbocycles. The van der Waals surface area contributed by atoms with Crippen LogP contribution in [0.5, 0.6) is 11.5 Å². The van der Waals surface area contributed by atoms with Crippen molar-refractivity contribution in [3.05, 3.63) is 100 Å². The zero-order valence-corrected chi connectivity index (χ0v) is 31.6. The summed E-state index contributed by atoms with van der Waals surface area (Å²) in [6, 6.07) is 7.90. The van der Waals surface area contributed by atoms with Gasteiger partial charge in [0, 0.05) is 30.1 Å². The quantitative estimate of drug-likeness (QED) is 0.0510. The number of benzene rings is 3. The fraction of sp³-hybridized carbons (Fsp3) is 0.303. The highest BCUT2D eigenvalue weighted by atomic mass is 35.5. The number of nitro groups is 1. The van der Waals surface area contributed by atoms with Gasteiger partial charge in [0.25, 0.3) is 5.69 Å². The van der Waals surface area contributed by atoms with Gasteiger partial charge in [-0.3, -0.25) is 24.4 Å². The van der Waals surface area contributed by atoms with Crippen LogP contribution in [0.3, 0.4) is 0 Å². The molecule has 1 aliphatic rings. The number of fused-ring (bicyclic) bond motifs is 1. The Balaban J connectivity index is 0.000000252. The lowest BCUT2D eigenvalue weighted by molar-refractivity contribution is -0.385. The molecule has 1 unspecified atom stereocenters. The van der Waals surface area contributed by atoms with Crippen LogP contribution in [-0.2, 0) is 38.3 Å². The van der Waals surface area contributed by atoms with E-state index in [2.05, 4.69) is 4.99 Å². The molecule has 55 heavy (non-hydrogen) atoms. The SMILES string of the molecule is CCOC(=O)C(C)OC(=O)c1cc(Oc2ccc(C(F)(F)F)cc2Cl)ccc1[N+](=O)[O-].O=C(O)CSc1cc(N=c2sc(=O)n3n2CCCC3)c(F)cc1Cl. The number of aromatic nitrogens is 2. The summed E-state index contributed by atoms with van der Waals surface area (Å²) in [6.45, 7) is 4.10. The number of ether oxygens (including phenoxy) is 3. The number of halogens is 6. The number of thioether (sulfide) groups is 1. The molecule has 2 heterocycles. The second kappa shape index (κ2) is 18.6. The van der Waals surface area contributed by atoms with E-state index in [0.717, 1.165) is 72.3 Å². The maximum Gasteiger partial charge on any atom is 0.416 e. The zero-order valence-electron chi connectivity index (χ0n) is 28.4. The van der Waals surface area contributed by atoms with E-state index in [0.29, 0.717) is 28.9 Å². The average molecular weight is 852 g/mol. The van der Waals surface area contributed by atoms with Crippen LogP contribution >= 0.6 is 46.3 Å². The van der Waals surface area contributed by atoms with Crippen LogP contribution in [-0.4, -0.2) is 55.8 Å². The molecule has 0 bridgehead atoms. The van der Waals surface area contributed by atoms with Gasteiger partial charge in [-0.25, -0.2) is 23.7 Å². The second-order valence-corrected chi connectivity index (χ2v) is 13.9. The van der Waals surface area contributed by atoms with Crippen molar-refractivity contribution in [3.63, 3.8) is 0 Å². The van der Waals surface area contributed by atoms with Crippen LogP contribution in [0.2, 0.25) is 10.0 Å². The van der Waals surface area contributed by atoms with Crippen molar-refractivity contribution in [1.82, 2.24) is 9.36 Å². The molecule has 0 spiro atoms. The molecule has 1 atom stereocenters. The number of carboxylic acid groups (broad SMARTS) is 1. The van der Waals surface area contributed by atoms with Gasteiger partial charge in [-0.1, -0.05) is 23.2 Å². The molecule has 1 aromatic heterocycles. The van der Waals surface area contributed by atoms with Gasteiger partial charge >= 0.3 is 29.0 Å². The van der Waals surface area contributed by atoms with E-state index in [1.165, 1.54) is 13.0 Å². The molecule has 294 valence electrons. The van der Waals surface area contributed by atoms with Gasteiger partial charge in [-0.2, -0.15) is 13.2 Å². The number of hydrogen-bond donors (Lipinski definition) is 1. The number of carbonyl (C=O) groups is 3. The number of esters is 2. The molecule has 5 rings (SSSR count). The van der Waals surface area contributed by atoms with Crippen molar-refractivity contribution in [2.75, 3.05) is 12.4 Å². The predicted octanol–water partition coefficient (Wildman–Crippen LogP) is 7.87. The fourth-order valence-electron chi connectivity index (χ4n) is 4.69. The summed E-state index contributed by atoms with van der Waals surface area (Å²) in [7, 11) is 0. The summed E-state index contributed by atoms with van der Waals surface area (Å²) in [5.41, 5.74) is -2.13. The van der Waals surface area contributed by atoms with E-state index in [4.69, 9.17) is 42.5 Å². The molecule has 0 saturated heterocycles. The van der Waals surface area contributed by atoms with Crippen molar-refractivity contribution in [1.29, 1.82) is 0 Å². The molecule has 14 nitrogen and oxygen atoms in total. The molecule has 3 aromatic carbocycles. The maximum absolute atomic E-state index is 14.2. The smallest absolute Gasteiger partial charge is 0.416 e. The number of carboxylic acids is 1. The highest BCUT2D eigenvalue weighted by Crippen LogP contribution is 2.37. The molecule has 1 N–H and O–H groups in total. The van der Waals surface area contributed by atoms with E-state index >= 15 is 0 Å².